The minimum absolute atomic E-state index is 0.00233. The summed E-state index contributed by atoms with van der Waals surface area (Å²) in [6.45, 7) is 14.6. The van der Waals surface area contributed by atoms with E-state index in [1.165, 1.54) is 21.5 Å². The lowest BCUT2D eigenvalue weighted by molar-refractivity contribution is 0.00736. The van der Waals surface area contributed by atoms with Gasteiger partial charge in [-0.3, -0.25) is 0 Å². The van der Waals surface area contributed by atoms with Gasteiger partial charge in [-0.1, -0.05) is 197 Å². The van der Waals surface area contributed by atoms with Crippen molar-refractivity contribution in [3.05, 3.63) is 167 Å². The Morgan fingerprint density at radius 2 is 0.943 bits per heavy atom. The first-order chi connectivity index (χ1) is 25.2. The van der Waals surface area contributed by atoms with Gasteiger partial charge < -0.3 is 4.74 Å². The highest BCUT2D eigenvalue weighted by atomic mass is 35.5. The molecular formula is C44H54Cl2N2OSi4. The lowest BCUT2D eigenvalue weighted by Gasteiger charge is -2.55. The van der Waals surface area contributed by atoms with Crippen molar-refractivity contribution in [2.45, 2.75) is 74.2 Å². The monoisotopic (exact) mass is 808 g/mol. The molecule has 4 atom stereocenters. The van der Waals surface area contributed by atoms with Crippen LogP contribution in [0.5, 0.6) is 0 Å². The summed E-state index contributed by atoms with van der Waals surface area (Å²) in [6, 6.07) is 30.7. The van der Waals surface area contributed by atoms with Crippen molar-refractivity contribution in [3.8, 4) is 0 Å². The van der Waals surface area contributed by atoms with Gasteiger partial charge in [-0.05, 0) is 57.0 Å². The average Bonchev–Trinajstić information content (AvgIpc) is 3.13. The zero-order valence-electron chi connectivity index (χ0n) is 32.2. The predicted molar refractivity (Wildman–Crippen MR) is 239 cm³/mol. The summed E-state index contributed by atoms with van der Waals surface area (Å²) in [5.41, 5.74) is 2.34. The fraction of sp³-hybridized carbons (Fsp3) is 0.318. The summed E-state index contributed by atoms with van der Waals surface area (Å²) in [4.78, 5) is 8.56. The number of benzene rings is 2. The van der Waals surface area contributed by atoms with Crippen LogP contribution in [-0.4, -0.2) is 48.0 Å². The van der Waals surface area contributed by atoms with Crippen LogP contribution in [0.2, 0.25) is 20.4 Å². The van der Waals surface area contributed by atoms with Crippen molar-refractivity contribution in [2.75, 3.05) is 0 Å². The Morgan fingerprint density at radius 1 is 0.547 bits per heavy atom. The maximum absolute atomic E-state index is 8.70. The van der Waals surface area contributed by atoms with Crippen molar-refractivity contribution < 1.29 is 4.74 Å². The lowest BCUT2D eigenvalue weighted by atomic mass is 9.76. The number of allylic oxidation sites excluding steroid dienone is 8. The third kappa shape index (κ3) is 8.83. The minimum Gasteiger partial charge on any atom is -0.375 e. The Bertz CT molecular complexity index is 1810. The molecule has 0 N–H and O–H groups in total. The zero-order valence-corrected chi connectivity index (χ0v) is 39.3. The second-order valence-electron chi connectivity index (χ2n) is 17.3. The molecule has 2 aliphatic carbocycles. The zero-order chi connectivity index (χ0) is 37.8. The second kappa shape index (κ2) is 16.1. The summed E-state index contributed by atoms with van der Waals surface area (Å²) in [6.07, 6.45) is 24.9. The molecule has 9 heteroatoms. The third-order valence-electron chi connectivity index (χ3n) is 12.0. The van der Waals surface area contributed by atoms with Crippen LogP contribution in [0.25, 0.3) is 0 Å². The molecule has 0 saturated carbocycles. The van der Waals surface area contributed by atoms with E-state index in [9.17, 15) is 0 Å². The maximum Gasteiger partial charge on any atom is 0.129 e. The van der Waals surface area contributed by atoms with Crippen molar-refractivity contribution in [1.82, 2.24) is 9.97 Å². The van der Waals surface area contributed by atoms with Gasteiger partial charge in [0.15, 0.2) is 0 Å². The minimum atomic E-state index is -1.18. The molecule has 2 aromatic heterocycles. The normalized spacial score (nSPS) is 23.2. The van der Waals surface area contributed by atoms with E-state index < -0.39 is 47.8 Å². The molecule has 0 bridgehead atoms. The van der Waals surface area contributed by atoms with E-state index in [1.807, 2.05) is 24.5 Å². The summed E-state index contributed by atoms with van der Waals surface area (Å²) < 4.78 is 8.70. The molecule has 0 amide bonds. The van der Waals surface area contributed by atoms with E-state index >= 15 is 0 Å². The Labute approximate surface area is 336 Å². The number of hydrogen-bond donors (Lipinski definition) is 0. The number of ether oxygens (including phenoxy) is 1. The van der Waals surface area contributed by atoms with Crippen LogP contribution in [0.4, 0.5) is 0 Å². The number of rotatable bonds is 12. The summed E-state index contributed by atoms with van der Waals surface area (Å²) >= 11 is 13.2. The van der Waals surface area contributed by atoms with Gasteiger partial charge in [0.25, 0.3) is 0 Å². The summed E-state index contributed by atoms with van der Waals surface area (Å²) in [5.74, 6) is 0. The largest absolute Gasteiger partial charge is 0.375 e. The van der Waals surface area contributed by atoms with Gasteiger partial charge in [0.1, 0.15) is 10.3 Å². The van der Waals surface area contributed by atoms with Crippen LogP contribution < -0.4 is 10.4 Å². The SMILES string of the molecule is CC(C)(C)C1([SiH2]C(OC([SiH2]c2ccccc2)([SiH2]C2(C(C)(C)C)C=CC=CC2)c2ccc(Cl)nc2)([SiH2]c2ccccc2)c2ccc(Cl)nc2)C=CC=CC1. The van der Waals surface area contributed by atoms with Gasteiger partial charge in [0.05, 0.1) is 47.8 Å². The van der Waals surface area contributed by atoms with Crippen molar-refractivity contribution in [1.29, 1.82) is 0 Å². The Morgan fingerprint density at radius 3 is 1.25 bits per heavy atom. The molecule has 276 valence electrons. The molecule has 6 rings (SSSR count). The van der Waals surface area contributed by atoms with E-state index in [0.29, 0.717) is 10.3 Å². The van der Waals surface area contributed by atoms with Gasteiger partial charge in [0.2, 0.25) is 0 Å². The molecule has 0 fully saturated rings. The summed E-state index contributed by atoms with van der Waals surface area (Å²) in [7, 11) is -4.69. The Kier molecular flexibility index (Phi) is 12.1. The van der Waals surface area contributed by atoms with E-state index in [-0.39, 0.29) is 20.9 Å². The number of hydrogen-bond acceptors (Lipinski definition) is 3. The lowest BCUT2D eigenvalue weighted by Crippen LogP contribution is -2.62. The first-order valence-electron chi connectivity index (χ1n) is 18.9. The van der Waals surface area contributed by atoms with E-state index in [1.54, 1.807) is 0 Å². The molecule has 4 aromatic rings. The quantitative estimate of drug-likeness (QED) is 0.110. The molecule has 4 unspecified atom stereocenters. The van der Waals surface area contributed by atoms with Gasteiger partial charge >= 0.3 is 0 Å². The number of halogens is 2. The Hall–Kier alpha value is -2.89. The molecule has 2 heterocycles. The smallest absolute Gasteiger partial charge is 0.129 e. The first-order valence-corrected chi connectivity index (χ1v) is 25.3. The van der Waals surface area contributed by atoms with Crippen LogP contribution in [0, 0.1) is 10.8 Å². The molecule has 0 spiro atoms. The molecule has 2 aromatic carbocycles. The van der Waals surface area contributed by atoms with Crippen LogP contribution in [0.3, 0.4) is 0 Å². The topological polar surface area (TPSA) is 35.0 Å². The predicted octanol–water partition coefficient (Wildman–Crippen LogP) is 7.49. The highest BCUT2D eigenvalue weighted by Gasteiger charge is 2.55. The molecule has 0 aliphatic heterocycles. The maximum atomic E-state index is 8.70. The summed E-state index contributed by atoms with van der Waals surface area (Å²) in [5, 5.41) is 3.71. The molecule has 2 aliphatic rings. The van der Waals surface area contributed by atoms with E-state index in [4.69, 9.17) is 37.9 Å². The van der Waals surface area contributed by atoms with Gasteiger partial charge in [0, 0.05) is 12.4 Å². The second-order valence-corrected chi connectivity index (χ2v) is 30.2. The Balaban J connectivity index is 1.70. The van der Waals surface area contributed by atoms with E-state index in [0.717, 1.165) is 12.8 Å². The number of nitrogens with zero attached hydrogens (tertiary/aromatic N) is 2. The first kappa shape index (κ1) is 39.8. The van der Waals surface area contributed by atoms with E-state index in [2.05, 4.69) is 163 Å². The highest BCUT2D eigenvalue weighted by molar-refractivity contribution is 6.74. The third-order valence-corrected chi connectivity index (χ3v) is 26.2. The van der Waals surface area contributed by atoms with Gasteiger partial charge in [-0.15, -0.1) is 0 Å². The van der Waals surface area contributed by atoms with Crippen molar-refractivity contribution in [2.24, 2.45) is 10.8 Å². The fourth-order valence-electron chi connectivity index (χ4n) is 8.56. The van der Waals surface area contributed by atoms with Crippen LogP contribution in [0.15, 0.2) is 146 Å². The molecular weight excluding hydrogens is 756 g/mol. The van der Waals surface area contributed by atoms with Gasteiger partial charge in [-0.2, -0.15) is 0 Å². The molecule has 0 radical (unpaired) electrons. The number of pyridine rings is 2. The van der Waals surface area contributed by atoms with Crippen molar-refractivity contribution in [3.63, 3.8) is 0 Å². The standard InChI is InChI=1S/C44H54Cl2N2OSi4/c1-39(2,3)41(27-15-9-16-28-41)52-43(33-23-25-37(45)47-31-33,50-35-19-11-7-12-20-35)49-44(34-24-26-38(46)48-32-34,51-36-21-13-8-14-22-36)53-42(40(4,5)6)29-17-10-18-30-42/h7-27,29,31-32H,28,30,50-53H2,1-6H3. The van der Waals surface area contributed by atoms with Crippen LogP contribution in [-0.2, 0) is 14.4 Å². The highest BCUT2D eigenvalue weighted by Crippen LogP contribution is 2.57. The molecule has 0 saturated heterocycles. The average molecular weight is 810 g/mol. The van der Waals surface area contributed by atoms with Gasteiger partial charge in [-0.25, -0.2) is 9.97 Å². The molecule has 3 nitrogen and oxygen atoms in total. The molecule has 53 heavy (non-hydrogen) atoms. The number of aromatic nitrogens is 2. The van der Waals surface area contributed by atoms with Crippen LogP contribution >= 0.6 is 23.2 Å². The van der Waals surface area contributed by atoms with Crippen molar-refractivity contribution >= 4 is 71.7 Å². The fourth-order valence-corrected chi connectivity index (χ4v) is 24.6. The van der Waals surface area contributed by atoms with Crippen LogP contribution in [0.1, 0.15) is 65.5 Å².